The molecule has 1 atom stereocenters. The number of carbonyl (C=O) groups is 1. The first-order valence-corrected chi connectivity index (χ1v) is 4.85. The van der Waals surface area contributed by atoms with Crippen LogP contribution in [0.15, 0.2) is 24.3 Å². The van der Waals surface area contributed by atoms with Gasteiger partial charge in [0.25, 0.3) is 0 Å². The highest BCUT2D eigenvalue weighted by atomic mass is 35.5. The zero-order valence-corrected chi connectivity index (χ0v) is 9.89. The Morgan fingerprint density at radius 2 is 2.00 bits per heavy atom. The van der Waals surface area contributed by atoms with Gasteiger partial charge in [-0.25, -0.2) is 4.39 Å². The molecule has 16 heavy (non-hydrogen) atoms. The number of nitrogens with two attached hydrogens (primary N) is 1. The number of benzene rings is 1. The smallest absolute Gasteiger partial charge is 0.224 e. The first kappa shape index (κ1) is 14.9. The Hall–Kier alpha value is -1.13. The first-order chi connectivity index (χ1) is 7.11. The summed E-state index contributed by atoms with van der Waals surface area (Å²) in [4.78, 5) is 11.4. The maximum Gasteiger partial charge on any atom is 0.224 e. The molecule has 0 spiro atoms. The van der Waals surface area contributed by atoms with Crippen LogP contribution in [0.4, 0.5) is 4.39 Å². The Kier molecular flexibility index (Phi) is 6.69. The number of rotatable bonds is 4. The summed E-state index contributed by atoms with van der Waals surface area (Å²) in [5, 5.41) is 2.73. The first-order valence-electron chi connectivity index (χ1n) is 4.85. The van der Waals surface area contributed by atoms with E-state index in [1.165, 1.54) is 12.1 Å². The van der Waals surface area contributed by atoms with Crippen LogP contribution in [-0.2, 0) is 11.2 Å². The number of carbonyl (C=O) groups excluding carboxylic acids is 1. The molecule has 5 heteroatoms. The molecule has 0 aliphatic carbocycles. The van der Waals surface area contributed by atoms with Gasteiger partial charge in [-0.3, -0.25) is 4.79 Å². The maximum absolute atomic E-state index is 12.6. The average molecular weight is 247 g/mol. The van der Waals surface area contributed by atoms with E-state index < -0.39 is 0 Å². The Balaban J connectivity index is 0.00000225. The number of halogens is 2. The van der Waals surface area contributed by atoms with Gasteiger partial charge in [0.05, 0.1) is 6.42 Å². The van der Waals surface area contributed by atoms with Crippen molar-refractivity contribution in [1.82, 2.24) is 5.32 Å². The third-order valence-corrected chi connectivity index (χ3v) is 2.04. The van der Waals surface area contributed by atoms with Crippen molar-refractivity contribution in [1.29, 1.82) is 0 Å². The minimum absolute atomic E-state index is 0. The molecular formula is C11H16ClFN2O. The van der Waals surface area contributed by atoms with Crippen LogP contribution in [-0.4, -0.2) is 18.5 Å². The predicted octanol–water partition coefficient (Wildman–Crippen LogP) is 1.25. The summed E-state index contributed by atoms with van der Waals surface area (Å²) in [6.07, 6.45) is 0.255. The van der Waals surface area contributed by atoms with Crippen LogP contribution in [0.25, 0.3) is 0 Å². The molecule has 0 radical (unpaired) electrons. The molecule has 0 fully saturated rings. The van der Waals surface area contributed by atoms with E-state index in [2.05, 4.69) is 5.32 Å². The lowest BCUT2D eigenvalue weighted by Crippen LogP contribution is -2.38. The average Bonchev–Trinajstić information content (AvgIpc) is 2.21. The van der Waals surface area contributed by atoms with Crippen LogP contribution in [0.5, 0.6) is 0 Å². The molecule has 90 valence electrons. The summed E-state index contributed by atoms with van der Waals surface area (Å²) in [5.74, 6) is -0.394. The minimum atomic E-state index is -0.297. The quantitative estimate of drug-likeness (QED) is 0.840. The molecule has 0 heterocycles. The van der Waals surface area contributed by atoms with Gasteiger partial charge in [0.1, 0.15) is 5.82 Å². The second-order valence-electron chi connectivity index (χ2n) is 3.51. The molecule has 0 aliphatic rings. The second kappa shape index (κ2) is 7.19. The summed E-state index contributed by atoms with van der Waals surface area (Å²) in [7, 11) is 0. The van der Waals surface area contributed by atoms with Crippen molar-refractivity contribution < 1.29 is 9.18 Å². The Morgan fingerprint density at radius 3 is 2.50 bits per heavy atom. The summed E-state index contributed by atoms with van der Waals surface area (Å²) in [5.41, 5.74) is 6.16. The summed E-state index contributed by atoms with van der Waals surface area (Å²) in [6.45, 7) is 2.25. The van der Waals surface area contributed by atoms with Gasteiger partial charge in [0, 0.05) is 12.6 Å². The third-order valence-electron chi connectivity index (χ3n) is 2.04. The van der Waals surface area contributed by atoms with E-state index in [0.29, 0.717) is 6.54 Å². The summed E-state index contributed by atoms with van der Waals surface area (Å²) < 4.78 is 12.6. The van der Waals surface area contributed by atoms with Gasteiger partial charge in [0.2, 0.25) is 5.91 Å². The van der Waals surface area contributed by atoms with Crippen molar-refractivity contribution in [2.45, 2.75) is 19.4 Å². The largest absolute Gasteiger partial charge is 0.352 e. The molecule has 1 aromatic rings. The lowest BCUT2D eigenvalue weighted by Gasteiger charge is -2.10. The van der Waals surface area contributed by atoms with Gasteiger partial charge < -0.3 is 11.1 Å². The topological polar surface area (TPSA) is 55.1 Å². The molecule has 0 saturated carbocycles. The van der Waals surface area contributed by atoms with Crippen LogP contribution in [0.3, 0.4) is 0 Å². The van der Waals surface area contributed by atoms with E-state index in [9.17, 15) is 9.18 Å². The van der Waals surface area contributed by atoms with E-state index >= 15 is 0 Å². The molecule has 3 N–H and O–H groups in total. The molecule has 1 amide bonds. The van der Waals surface area contributed by atoms with Crippen molar-refractivity contribution >= 4 is 18.3 Å². The number of hydrogen-bond acceptors (Lipinski definition) is 2. The zero-order chi connectivity index (χ0) is 11.3. The minimum Gasteiger partial charge on any atom is -0.352 e. The third kappa shape index (κ3) is 5.09. The molecule has 1 aromatic carbocycles. The van der Waals surface area contributed by atoms with Gasteiger partial charge in [-0.1, -0.05) is 12.1 Å². The fourth-order valence-corrected chi connectivity index (χ4v) is 1.17. The Labute approximate surface area is 101 Å². The van der Waals surface area contributed by atoms with Gasteiger partial charge >= 0.3 is 0 Å². The van der Waals surface area contributed by atoms with E-state index in [0.717, 1.165) is 5.56 Å². The highest BCUT2D eigenvalue weighted by Gasteiger charge is 2.06. The number of hydrogen-bond donors (Lipinski definition) is 2. The second-order valence-corrected chi connectivity index (χ2v) is 3.51. The number of nitrogens with one attached hydrogen (secondary N) is 1. The monoisotopic (exact) mass is 246 g/mol. The number of amides is 1. The van der Waals surface area contributed by atoms with E-state index in [1.54, 1.807) is 12.1 Å². The Bertz CT molecular complexity index is 329. The molecule has 1 rings (SSSR count). The molecule has 0 saturated heterocycles. The molecular weight excluding hydrogens is 231 g/mol. The van der Waals surface area contributed by atoms with Crippen LogP contribution in [0.2, 0.25) is 0 Å². The van der Waals surface area contributed by atoms with E-state index in [1.807, 2.05) is 6.92 Å². The highest BCUT2D eigenvalue weighted by Crippen LogP contribution is 2.03. The van der Waals surface area contributed by atoms with E-state index in [-0.39, 0.29) is 36.6 Å². The fourth-order valence-electron chi connectivity index (χ4n) is 1.17. The van der Waals surface area contributed by atoms with Gasteiger partial charge in [-0.15, -0.1) is 12.4 Å². The van der Waals surface area contributed by atoms with E-state index in [4.69, 9.17) is 5.73 Å². The normalized spacial score (nSPS) is 11.4. The standard InChI is InChI=1S/C11H15FN2O.ClH/c1-8(7-13)14-11(15)6-9-2-4-10(12)5-3-9;/h2-5,8H,6-7,13H2,1H3,(H,14,15);1H/t8-;/m1./s1. The van der Waals surface area contributed by atoms with Gasteiger partial charge in [-0.05, 0) is 24.6 Å². The molecule has 0 bridgehead atoms. The molecule has 3 nitrogen and oxygen atoms in total. The SMILES string of the molecule is C[C@H](CN)NC(=O)Cc1ccc(F)cc1.Cl. The molecule has 0 aliphatic heterocycles. The lowest BCUT2D eigenvalue weighted by atomic mass is 10.1. The highest BCUT2D eigenvalue weighted by molar-refractivity contribution is 5.85. The zero-order valence-electron chi connectivity index (χ0n) is 9.07. The molecule has 0 unspecified atom stereocenters. The van der Waals surface area contributed by atoms with Crippen LogP contribution in [0.1, 0.15) is 12.5 Å². The Morgan fingerprint density at radius 1 is 1.44 bits per heavy atom. The van der Waals surface area contributed by atoms with Crippen molar-refractivity contribution in [3.05, 3.63) is 35.6 Å². The van der Waals surface area contributed by atoms with Crippen LogP contribution < -0.4 is 11.1 Å². The van der Waals surface area contributed by atoms with Gasteiger partial charge in [-0.2, -0.15) is 0 Å². The van der Waals surface area contributed by atoms with Crippen LogP contribution >= 0.6 is 12.4 Å². The van der Waals surface area contributed by atoms with Crippen molar-refractivity contribution in [3.8, 4) is 0 Å². The summed E-state index contributed by atoms with van der Waals surface area (Å²) in [6, 6.07) is 5.85. The van der Waals surface area contributed by atoms with Gasteiger partial charge in [0.15, 0.2) is 0 Å². The fraction of sp³-hybridized carbons (Fsp3) is 0.364. The molecule has 0 aromatic heterocycles. The van der Waals surface area contributed by atoms with Crippen molar-refractivity contribution in [2.24, 2.45) is 5.73 Å². The maximum atomic E-state index is 12.6. The predicted molar refractivity (Wildman–Crippen MR) is 64.0 cm³/mol. The summed E-state index contributed by atoms with van der Waals surface area (Å²) >= 11 is 0. The van der Waals surface area contributed by atoms with Crippen LogP contribution in [0, 0.1) is 5.82 Å². The van der Waals surface area contributed by atoms with Crippen molar-refractivity contribution in [3.63, 3.8) is 0 Å². The van der Waals surface area contributed by atoms with Crippen molar-refractivity contribution in [2.75, 3.05) is 6.54 Å². The lowest BCUT2D eigenvalue weighted by molar-refractivity contribution is -0.120.